The van der Waals surface area contributed by atoms with Gasteiger partial charge in [0.15, 0.2) is 0 Å². The maximum atomic E-state index is 5.83. The molecule has 2 rings (SSSR count). The summed E-state index contributed by atoms with van der Waals surface area (Å²) in [6, 6.07) is 4.15. The van der Waals surface area contributed by atoms with Gasteiger partial charge in [0.05, 0.1) is 6.54 Å². The molecule has 0 unspecified atom stereocenters. The SMILES string of the molecule is CN(Cc1nccn1C)c1cc(CN)cc(C(C)(C)C)n1. The smallest absolute Gasteiger partial charge is 0.129 e. The fraction of sp³-hybridized carbons (Fsp3) is 0.500. The Morgan fingerprint density at radius 1 is 1.29 bits per heavy atom. The van der Waals surface area contributed by atoms with Crippen LogP contribution in [0.3, 0.4) is 0 Å². The summed E-state index contributed by atoms with van der Waals surface area (Å²) in [6.45, 7) is 7.73. The minimum absolute atomic E-state index is 0.00396. The van der Waals surface area contributed by atoms with Crippen LogP contribution in [0.4, 0.5) is 5.82 Å². The molecule has 0 radical (unpaired) electrons. The van der Waals surface area contributed by atoms with Crippen LogP contribution in [-0.2, 0) is 25.6 Å². The summed E-state index contributed by atoms with van der Waals surface area (Å²) < 4.78 is 2.02. The van der Waals surface area contributed by atoms with Crippen molar-refractivity contribution in [2.24, 2.45) is 12.8 Å². The molecule has 0 fully saturated rings. The molecule has 0 aliphatic heterocycles. The predicted molar refractivity (Wildman–Crippen MR) is 86.1 cm³/mol. The van der Waals surface area contributed by atoms with Crippen LogP contribution in [0.25, 0.3) is 0 Å². The molecule has 21 heavy (non-hydrogen) atoms. The number of rotatable bonds is 4. The lowest BCUT2D eigenvalue weighted by atomic mass is 9.90. The van der Waals surface area contributed by atoms with Crippen LogP contribution in [0.15, 0.2) is 24.5 Å². The van der Waals surface area contributed by atoms with E-state index in [1.807, 2.05) is 31.1 Å². The van der Waals surface area contributed by atoms with E-state index in [1.54, 1.807) is 0 Å². The van der Waals surface area contributed by atoms with Crippen molar-refractivity contribution in [3.63, 3.8) is 0 Å². The van der Waals surface area contributed by atoms with Gasteiger partial charge in [-0.3, -0.25) is 0 Å². The van der Waals surface area contributed by atoms with E-state index >= 15 is 0 Å². The molecule has 0 atom stereocenters. The Balaban J connectivity index is 2.32. The van der Waals surface area contributed by atoms with Gasteiger partial charge in [-0.25, -0.2) is 9.97 Å². The lowest BCUT2D eigenvalue weighted by Crippen LogP contribution is -2.23. The quantitative estimate of drug-likeness (QED) is 0.936. The standard InChI is InChI=1S/C16H25N5/c1-16(2,3)13-8-12(10-17)9-14(19-13)21(5)11-15-18-6-7-20(15)4/h6-9H,10-11,17H2,1-5H3. The summed E-state index contributed by atoms with van der Waals surface area (Å²) in [5.41, 5.74) is 8.00. The van der Waals surface area contributed by atoms with Crippen molar-refractivity contribution in [1.29, 1.82) is 0 Å². The summed E-state index contributed by atoms with van der Waals surface area (Å²) in [4.78, 5) is 11.3. The fourth-order valence-electron chi connectivity index (χ4n) is 2.11. The number of anilines is 1. The van der Waals surface area contributed by atoms with Crippen LogP contribution >= 0.6 is 0 Å². The van der Waals surface area contributed by atoms with Crippen LogP contribution in [0, 0.1) is 0 Å². The van der Waals surface area contributed by atoms with Gasteiger partial charge in [0, 0.05) is 44.1 Å². The molecule has 2 heterocycles. The third-order valence-electron chi connectivity index (χ3n) is 3.57. The van der Waals surface area contributed by atoms with E-state index in [0.717, 1.165) is 22.9 Å². The van der Waals surface area contributed by atoms with Gasteiger partial charge >= 0.3 is 0 Å². The largest absolute Gasteiger partial charge is 0.352 e. The topological polar surface area (TPSA) is 60.0 Å². The molecular formula is C16H25N5. The van der Waals surface area contributed by atoms with E-state index in [9.17, 15) is 0 Å². The zero-order valence-corrected chi connectivity index (χ0v) is 13.6. The second-order valence-corrected chi connectivity index (χ2v) is 6.48. The molecule has 0 amide bonds. The van der Waals surface area contributed by atoms with E-state index in [1.165, 1.54) is 0 Å². The highest BCUT2D eigenvalue weighted by Gasteiger charge is 2.18. The van der Waals surface area contributed by atoms with E-state index < -0.39 is 0 Å². The summed E-state index contributed by atoms with van der Waals surface area (Å²) in [5.74, 6) is 1.95. The Kier molecular flexibility index (Phi) is 4.32. The van der Waals surface area contributed by atoms with Crippen LogP contribution in [0.2, 0.25) is 0 Å². The Labute approximate surface area is 126 Å². The number of nitrogens with zero attached hydrogens (tertiary/aromatic N) is 4. The minimum Gasteiger partial charge on any atom is -0.352 e. The number of hydrogen-bond donors (Lipinski definition) is 1. The zero-order valence-electron chi connectivity index (χ0n) is 13.6. The van der Waals surface area contributed by atoms with Gasteiger partial charge < -0.3 is 15.2 Å². The second kappa shape index (κ2) is 5.85. The van der Waals surface area contributed by atoms with Crippen molar-refractivity contribution >= 4 is 5.82 Å². The fourth-order valence-corrected chi connectivity index (χ4v) is 2.11. The summed E-state index contributed by atoms with van der Waals surface area (Å²) >= 11 is 0. The van der Waals surface area contributed by atoms with Crippen molar-refractivity contribution in [2.45, 2.75) is 39.3 Å². The summed E-state index contributed by atoms with van der Waals surface area (Å²) in [7, 11) is 4.03. The van der Waals surface area contributed by atoms with Crippen molar-refractivity contribution in [2.75, 3.05) is 11.9 Å². The molecule has 5 heteroatoms. The Morgan fingerprint density at radius 3 is 2.52 bits per heavy atom. The number of imidazole rings is 1. The molecule has 2 aromatic rings. The van der Waals surface area contributed by atoms with Crippen LogP contribution in [0.5, 0.6) is 0 Å². The monoisotopic (exact) mass is 287 g/mol. The van der Waals surface area contributed by atoms with Crippen LogP contribution in [-0.4, -0.2) is 21.6 Å². The average molecular weight is 287 g/mol. The first kappa shape index (κ1) is 15.5. The molecular weight excluding hydrogens is 262 g/mol. The van der Waals surface area contributed by atoms with Gasteiger partial charge in [-0.1, -0.05) is 20.8 Å². The first-order valence-corrected chi connectivity index (χ1v) is 7.20. The molecule has 0 aromatic carbocycles. The van der Waals surface area contributed by atoms with Gasteiger partial charge in [0.25, 0.3) is 0 Å². The second-order valence-electron chi connectivity index (χ2n) is 6.48. The van der Waals surface area contributed by atoms with Gasteiger partial charge in [-0.2, -0.15) is 0 Å². The molecule has 0 bridgehead atoms. The molecule has 0 saturated carbocycles. The number of hydrogen-bond acceptors (Lipinski definition) is 4. The molecule has 2 aromatic heterocycles. The van der Waals surface area contributed by atoms with Gasteiger partial charge in [0.1, 0.15) is 11.6 Å². The Morgan fingerprint density at radius 2 is 2.00 bits per heavy atom. The maximum Gasteiger partial charge on any atom is 0.129 e. The highest BCUT2D eigenvalue weighted by molar-refractivity contribution is 5.43. The van der Waals surface area contributed by atoms with E-state index in [2.05, 4.69) is 42.8 Å². The van der Waals surface area contributed by atoms with E-state index in [-0.39, 0.29) is 5.41 Å². The molecule has 5 nitrogen and oxygen atoms in total. The van der Waals surface area contributed by atoms with Crippen LogP contribution < -0.4 is 10.6 Å². The Hall–Kier alpha value is -1.88. The summed E-state index contributed by atoms with van der Waals surface area (Å²) in [5, 5.41) is 0. The van der Waals surface area contributed by atoms with Gasteiger partial charge in [-0.15, -0.1) is 0 Å². The number of pyridine rings is 1. The molecule has 0 spiro atoms. The number of aromatic nitrogens is 3. The van der Waals surface area contributed by atoms with Crippen molar-refractivity contribution in [3.05, 3.63) is 41.6 Å². The van der Waals surface area contributed by atoms with Crippen molar-refractivity contribution < 1.29 is 0 Å². The lowest BCUT2D eigenvalue weighted by molar-refractivity contribution is 0.566. The normalized spacial score (nSPS) is 11.7. The highest BCUT2D eigenvalue weighted by atomic mass is 15.2. The highest BCUT2D eigenvalue weighted by Crippen LogP contribution is 2.25. The van der Waals surface area contributed by atoms with Gasteiger partial charge in [0.2, 0.25) is 0 Å². The molecule has 0 aliphatic carbocycles. The summed E-state index contributed by atoms with van der Waals surface area (Å²) in [6.07, 6.45) is 3.76. The van der Waals surface area contributed by atoms with E-state index in [4.69, 9.17) is 10.7 Å². The molecule has 0 aliphatic rings. The zero-order chi connectivity index (χ0) is 15.6. The third-order valence-corrected chi connectivity index (χ3v) is 3.57. The minimum atomic E-state index is 0.00396. The average Bonchev–Trinajstić information content (AvgIpc) is 2.82. The predicted octanol–water partition coefficient (Wildman–Crippen LogP) is 2.21. The molecule has 0 saturated heterocycles. The Bertz CT molecular complexity index is 609. The molecule has 2 N–H and O–H groups in total. The lowest BCUT2D eigenvalue weighted by Gasteiger charge is -2.24. The maximum absolute atomic E-state index is 5.83. The first-order valence-electron chi connectivity index (χ1n) is 7.20. The van der Waals surface area contributed by atoms with Gasteiger partial charge in [-0.05, 0) is 17.7 Å². The first-order chi connectivity index (χ1) is 9.81. The van der Waals surface area contributed by atoms with Crippen molar-refractivity contribution in [3.8, 4) is 0 Å². The van der Waals surface area contributed by atoms with Crippen LogP contribution in [0.1, 0.15) is 37.9 Å². The molecule has 114 valence electrons. The van der Waals surface area contributed by atoms with E-state index in [0.29, 0.717) is 13.1 Å². The number of nitrogens with two attached hydrogens (primary N) is 1. The third kappa shape index (κ3) is 3.61. The van der Waals surface area contributed by atoms with Crippen molar-refractivity contribution in [1.82, 2.24) is 14.5 Å². The number of aryl methyl sites for hydroxylation is 1.